The Morgan fingerprint density at radius 1 is 1.23 bits per heavy atom. The van der Waals surface area contributed by atoms with Gasteiger partial charge in [0.05, 0.1) is 4.90 Å². The third-order valence-electron chi connectivity index (χ3n) is 2.68. The van der Waals surface area contributed by atoms with Gasteiger partial charge in [-0.1, -0.05) is 17.7 Å². The topological polar surface area (TPSA) is 63.7 Å². The number of aryl methyl sites for hydroxylation is 1. The second-order valence-electron chi connectivity index (χ2n) is 5.99. The van der Waals surface area contributed by atoms with E-state index in [1.54, 1.807) is 52.1 Å². The van der Waals surface area contributed by atoms with Gasteiger partial charge in [-0.3, -0.25) is 0 Å². The second kappa shape index (κ2) is 7.37. The summed E-state index contributed by atoms with van der Waals surface area (Å²) in [5, 5.41) is 0. The Kier molecular flexibility index (Phi) is 6.31. The van der Waals surface area contributed by atoms with Crippen molar-refractivity contribution in [2.75, 3.05) is 19.3 Å². The summed E-state index contributed by atoms with van der Waals surface area (Å²) in [5.74, 6) is 0.284. The predicted molar refractivity (Wildman–Crippen MR) is 89.7 cm³/mol. The van der Waals surface area contributed by atoms with Gasteiger partial charge in [0.2, 0.25) is 8.87 Å². The van der Waals surface area contributed by atoms with E-state index in [0.717, 1.165) is 16.4 Å². The van der Waals surface area contributed by atoms with Gasteiger partial charge in [0.25, 0.3) is 0 Å². The molecule has 7 heteroatoms. The molecule has 0 radical (unpaired) electrons. The van der Waals surface area contributed by atoms with Gasteiger partial charge in [-0.25, -0.2) is 13.2 Å². The van der Waals surface area contributed by atoms with Gasteiger partial charge in [-0.15, -0.1) is 0 Å². The normalized spacial score (nSPS) is 12.0. The molecule has 0 bridgehead atoms. The minimum atomic E-state index is -3.40. The zero-order chi connectivity index (χ0) is 17.0. The molecule has 22 heavy (non-hydrogen) atoms. The van der Waals surface area contributed by atoms with Crippen molar-refractivity contribution in [3.8, 4) is 0 Å². The van der Waals surface area contributed by atoms with Crippen LogP contribution in [0.4, 0.5) is 4.79 Å². The Labute approximate surface area is 136 Å². The minimum absolute atomic E-state index is 0.281. The first kappa shape index (κ1) is 18.8. The van der Waals surface area contributed by atoms with Crippen LogP contribution < -0.4 is 0 Å². The molecule has 0 aromatic heterocycles. The van der Waals surface area contributed by atoms with Crippen molar-refractivity contribution in [1.82, 2.24) is 4.90 Å². The van der Waals surface area contributed by atoms with Crippen molar-refractivity contribution < 1.29 is 17.9 Å². The van der Waals surface area contributed by atoms with Crippen molar-refractivity contribution >= 4 is 25.8 Å². The first-order valence-corrected chi connectivity index (χ1v) is 9.90. The fourth-order valence-corrected chi connectivity index (χ4v) is 4.28. The van der Waals surface area contributed by atoms with Gasteiger partial charge >= 0.3 is 6.09 Å². The van der Waals surface area contributed by atoms with Crippen LogP contribution in [-0.4, -0.2) is 44.4 Å². The summed E-state index contributed by atoms with van der Waals surface area (Å²) >= 11 is 0. The lowest BCUT2D eigenvalue weighted by Crippen LogP contribution is -2.35. The molecule has 1 rings (SSSR count). The molecule has 0 saturated carbocycles. The first-order valence-electron chi connectivity index (χ1n) is 6.91. The number of ether oxygens (including phenoxy) is 1. The average Bonchev–Trinajstić information content (AvgIpc) is 2.36. The van der Waals surface area contributed by atoms with Crippen molar-refractivity contribution in [2.24, 2.45) is 0 Å². The third kappa shape index (κ3) is 6.27. The van der Waals surface area contributed by atoms with E-state index in [1.165, 1.54) is 4.90 Å². The maximum absolute atomic E-state index is 12.2. The van der Waals surface area contributed by atoms with E-state index in [4.69, 9.17) is 4.74 Å². The highest BCUT2D eigenvalue weighted by Gasteiger charge is 2.20. The predicted octanol–water partition coefficient (Wildman–Crippen LogP) is 3.28. The second-order valence-corrected chi connectivity index (χ2v) is 10.0. The molecule has 0 heterocycles. The number of carbonyl (C=O) groups excluding carboxylic acids is 1. The summed E-state index contributed by atoms with van der Waals surface area (Å²) < 4.78 is 29.5. The molecule has 1 aromatic carbocycles. The van der Waals surface area contributed by atoms with Crippen LogP contribution in [0.2, 0.25) is 0 Å². The van der Waals surface area contributed by atoms with E-state index in [2.05, 4.69) is 0 Å². The summed E-state index contributed by atoms with van der Waals surface area (Å²) in [5.41, 5.74) is 0.445. The largest absolute Gasteiger partial charge is 0.444 e. The maximum atomic E-state index is 12.2. The molecule has 0 aliphatic carbocycles. The van der Waals surface area contributed by atoms with Gasteiger partial charge in [-0.05, 0) is 50.6 Å². The Bertz CT molecular complexity index is 603. The Morgan fingerprint density at radius 2 is 1.77 bits per heavy atom. The standard InChI is InChI=1S/C15H23NO4S2/c1-12-6-8-13(9-7-12)22(18,19)21-11-10-16(5)14(17)20-15(2,3)4/h6-9H,10-11H2,1-5H3. The van der Waals surface area contributed by atoms with Crippen molar-refractivity contribution in [2.45, 2.75) is 38.2 Å². The summed E-state index contributed by atoms with van der Waals surface area (Å²) in [7, 11) is -0.981. The van der Waals surface area contributed by atoms with Crippen LogP contribution in [0.3, 0.4) is 0 Å². The molecule has 0 spiro atoms. The molecule has 5 nitrogen and oxygen atoms in total. The Balaban J connectivity index is 2.52. The molecule has 124 valence electrons. The van der Waals surface area contributed by atoms with Crippen molar-refractivity contribution in [3.63, 3.8) is 0 Å². The van der Waals surface area contributed by atoms with Crippen LogP contribution in [-0.2, 0) is 13.6 Å². The summed E-state index contributed by atoms with van der Waals surface area (Å²) in [6.07, 6.45) is -0.458. The Morgan fingerprint density at radius 3 is 2.27 bits per heavy atom. The smallest absolute Gasteiger partial charge is 0.410 e. The first-order chi connectivity index (χ1) is 10.0. The molecule has 0 aliphatic rings. The van der Waals surface area contributed by atoms with Gasteiger partial charge in [0.1, 0.15) is 5.60 Å². The van der Waals surface area contributed by atoms with Crippen LogP contribution in [0.5, 0.6) is 0 Å². The molecule has 0 fully saturated rings. The van der Waals surface area contributed by atoms with Gasteiger partial charge < -0.3 is 9.64 Å². The highest BCUT2D eigenvalue weighted by Crippen LogP contribution is 2.23. The lowest BCUT2D eigenvalue weighted by molar-refractivity contribution is 0.0309. The van der Waals surface area contributed by atoms with Crippen molar-refractivity contribution in [3.05, 3.63) is 29.8 Å². The monoisotopic (exact) mass is 345 g/mol. The molecular weight excluding hydrogens is 322 g/mol. The van der Waals surface area contributed by atoms with Crippen LogP contribution in [0, 0.1) is 6.92 Å². The van der Waals surface area contributed by atoms with E-state index in [1.807, 2.05) is 6.92 Å². The molecule has 0 unspecified atom stereocenters. The van der Waals surface area contributed by atoms with E-state index in [-0.39, 0.29) is 10.6 Å². The Hall–Kier alpha value is -1.21. The van der Waals surface area contributed by atoms with Crippen LogP contribution in [0.25, 0.3) is 0 Å². The zero-order valence-electron chi connectivity index (χ0n) is 13.6. The highest BCUT2D eigenvalue weighted by atomic mass is 33.1. The maximum Gasteiger partial charge on any atom is 0.410 e. The molecular formula is C15H23NO4S2. The molecule has 1 aromatic rings. The van der Waals surface area contributed by atoms with Crippen LogP contribution in [0.1, 0.15) is 26.3 Å². The molecule has 1 amide bonds. The van der Waals surface area contributed by atoms with Gasteiger partial charge in [-0.2, -0.15) is 0 Å². The minimum Gasteiger partial charge on any atom is -0.444 e. The van der Waals surface area contributed by atoms with E-state index in [0.29, 0.717) is 6.54 Å². The number of hydrogen-bond donors (Lipinski definition) is 0. The number of benzene rings is 1. The lowest BCUT2D eigenvalue weighted by Gasteiger charge is -2.24. The molecule has 0 atom stereocenters. The molecule has 0 saturated heterocycles. The third-order valence-corrected chi connectivity index (χ3v) is 6.20. The van der Waals surface area contributed by atoms with Gasteiger partial charge in [0.15, 0.2) is 0 Å². The number of hydrogen-bond acceptors (Lipinski definition) is 5. The fourth-order valence-electron chi connectivity index (χ4n) is 1.49. The zero-order valence-corrected chi connectivity index (χ0v) is 15.3. The highest BCUT2D eigenvalue weighted by molar-refractivity contribution is 8.72. The lowest BCUT2D eigenvalue weighted by atomic mass is 10.2. The summed E-state index contributed by atoms with van der Waals surface area (Å²) in [4.78, 5) is 13.4. The number of carbonyl (C=O) groups is 1. The average molecular weight is 345 g/mol. The quantitative estimate of drug-likeness (QED) is 0.766. The molecule has 0 aliphatic heterocycles. The van der Waals surface area contributed by atoms with E-state index < -0.39 is 20.6 Å². The fraction of sp³-hybridized carbons (Fsp3) is 0.533. The van der Waals surface area contributed by atoms with E-state index >= 15 is 0 Å². The summed E-state index contributed by atoms with van der Waals surface area (Å²) in [6.45, 7) is 7.56. The number of rotatable bonds is 5. The van der Waals surface area contributed by atoms with Crippen LogP contribution >= 0.6 is 10.8 Å². The van der Waals surface area contributed by atoms with Crippen molar-refractivity contribution in [1.29, 1.82) is 0 Å². The number of nitrogens with zero attached hydrogens (tertiary/aromatic N) is 1. The molecule has 0 N–H and O–H groups in total. The van der Waals surface area contributed by atoms with E-state index in [9.17, 15) is 13.2 Å². The van der Waals surface area contributed by atoms with Crippen LogP contribution in [0.15, 0.2) is 29.2 Å². The number of amides is 1. The summed E-state index contributed by atoms with van der Waals surface area (Å²) in [6, 6.07) is 6.71. The SMILES string of the molecule is Cc1ccc(S(=O)(=O)SCCN(C)C(=O)OC(C)(C)C)cc1. The van der Waals surface area contributed by atoms with Gasteiger partial charge in [0, 0.05) is 19.3 Å².